The summed E-state index contributed by atoms with van der Waals surface area (Å²) in [4.78, 5) is 13.0. The van der Waals surface area contributed by atoms with Crippen molar-refractivity contribution in [1.29, 1.82) is 10.5 Å². The second-order valence-corrected chi connectivity index (χ2v) is 8.49. The summed E-state index contributed by atoms with van der Waals surface area (Å²) in [5.41, 5.74) is 2.28. The zero-order chi connectivity index (χ0) is 21.1. The van der Waals surface area contributed by atoms with Crippen molar-refractivity contribution in [2.75, 3.05) is 0 Å². The van der Waals surface area contributed by atoms with Gasteiger partial charge in [0, 0.05) is 27.9 Å². The Labute approximate surface area is 189 Å². The lowest BCUT2D eigenvalue weighted by molar-refractivity contribution is 0.573. The lowest BCUT2D eigenvalue weighted by atomic mass is 10.1. The summed E-state index contributed by atoms with van der Waals surface area (Å²) in [6.07, 6.45) is 3.16. The molecule has 10 heteroatoms. The van der Waals surface area contributed by atoms with Crippen molar-refractivity contribution in [2.24, 2.45) is 0 Å². The summed E-state index contributed by atoms with van der Waals surface area (Å²) in [5, 5.41) is 22.6. The van der Waals surface area contributed by atoms with Crippen molar-refractivity contribution >= 4 is 46.3 Å². The molecule has 0 spiro atoms. The van der Waals surface area contributed by atoms with Gasteiger partial charge in [0.1, 0.15) is 39.2 Å². The Balaban J connectivity index is 1.64. The molecule has 0 radical (unpaired) electrons. The fourth-order valence-corrected chi connectivity index (χ4v) is 4.60. The van der Waals surface area contributed by atoms with Gasteiger partial charge in [0.05, 0.1) is 16.8 Å². The third-order valence-electron chi connectivity index (χ3n) is 3.99. The molecule has 0 amide bonds. The smallest absolute Gasteiger partial charge is 0.226 e. The molecule has 4 rings (SSSR count). The molecule has 0 N–H and O–H groups in total. The van der Waals surface area contributed by atoms with Crippen LogP contribution >= 0.6 is 46.3 Å². The number of thiazole rings is 1. The van der Waals surface area contributed by atoms with Crippen LogP contribution in [0.25, 0.3) is 22.0 Å². The number of nitrogens with zero attached hydrogens (tertiary/aromatic N) is 5. The van der Waals surface area contributed by atoms with E-state index in [4.69, 9.17) is 27.6 Å². The van der Waals surface area contributed by atoms with Gasteiger partial charge in [-0.25, -0.2) is 15.0 Å². The van der Waals surface area contributed by atoms with E-state index < -0.39 is 0 Å². The van der Waals surface area contributed by atoms with Gasteiger partial charge in [0.25, 0.3) is 0 Å². The van der Waals surface area contributed by atoms with E-state index in [2.05, 4.69) is 21.0 Å². The van der Waals surface area contributed by atoms with E-state index in [9.17, 15) is 10.5 Å². The number of oxazole rings is 1. The summed E-state index contributed by atoms with van der Waals surface area (Å²) in [5.74, 6) is 0.871. The monoisotopic (exact) mass is 469 g/mol. The Morgan fingerprint density at radius 2 is 1.83 bits per heavy atom. The first kappa shape index (κ1) is 20.4. The molecule has 146 valence electrons. The number of hydrogen-bond donors (Lipinski definition) is 0. The first-order valence-electron chi connectivity index (χ1n) is 8.37. The van der Waals surface area contributed by atoms with Crippen LogP contribution < -0.4 is 0 Å². The van der Waals surface area contributed by atoms with Crippen LogP contribution in [0.5, 0.6) is 0 Å². The third kappa shape index (κ3) is 4.04. The first-order valence-corrected chi connectivity index (χ1v) is 11.0. The van der Waals surface area contributed by atoms with Gasteiger partial charge in [0.15, 0.2) is 0 Å². The fourth-order valence-electron chi connectivity index (χ4n) is 2.65. The van der Waals surface area contributed by atoms with E-state index in [1.807, 2.05) is 18.2 Å². The maximum atomic E-state index is 9.76. The van der Waals surface area contributed by atoms with Gasteiger partial charge < -0.3 is 4.42 Å². The second-order valence-electron chi connectivity index (χ2n) is 5.83. The molecular weight excluding hydrogens is 461 g/mol. The fraction of sp³-hybridized carbons (Fsp3) is 0.0500. The molecule has 30 heavy (non-hydrogen) atoms. The predicted molar refractivity (Wildman–Crippen MR) is 116 cm³/mol. The van der Waals surface area contributed by atoms with Gasteiger partial charge >= 0.3 is 0 Å². The van der Waals surface area contributed by atoms with Crippen LogP contribution in [0, 0.1) is 22.7 Å². The third-order valence-corrected chi connectivity index (χ3v) is 6.31. The highest BCUT2D eigenvalue weighted by molar-refractivity contribution is 7.98. The minimum absolute atomic E-state index is 0.0335. The normalized spacial score (nSPS) is 10.5. The highest BCUT2D eigenvalue weighted by Crippen LogP contribution is 2.38. The average Bonchev–Trinajstić information content (AvgIpc) is 3.44. The van der Waals surface area contributed by atoms with Crippen molar-refractivity contribution in [3.05, 3.63) is 69.1 Å². The first-order chi connectivity index (χ1) is 14.6. The lowest BCUT2D eigenvalue weighted by Crippen LogP contribution is -1.98. The standard InChI is InChI=1S/C20H9Cl2N5OS2/c21-12-3-1-11(2-4-12)18-26-13(9-28-18)10-30-19-15(8-24)16(20-25-5-6-29-20)14(7-23)17(22)27-19/h1-6,9H,10H2. The van der Waals surface area contributed by atoms with Crippen LogP contribution in [0.3, 0.4) is 0 Å². The topological polar surface area (TPSA) is 99.4 Å². The SMILES string of the molecule is N#Cc1c(Cl)nc(SCc2coc(-c3ccc(Cl)cc3)n2)c(C#N)c1-c1nccs1. The summed E-state index contributed by atoms with van der Waals surface area (Å²) in [6.45, 7) is 0. The molecule has 3 heterocycles. The van der Waals surface area contributed by atoms with Crippen molar-refractivity contribution < 1.29 is 4.42 Å². The number of nitriles is 2. The molecule has 0 atom stereocenters. The van der Waals surface area contributed by atoms with E-state index in [1.165, 1.54) is 23.1 Å². The number of thioether (sulfide) groups is 1. The number of halogens is 2. The minimum Gasteiger partial charge on any atom is -0.444 e. The van der Waals surface area contributed by atoms with Crippen molar-refractivity contribution in [2.45, 2.75) is 10.8 Å². The molecule has 0 fully saturated rings. The molecule has 0 unspecified atom stereocenters. The van der Waals surface area contributed by atoms with Gasteiger partial charge in [-0.3, -0.25) is 0 Å². The molecule has 0 saturated carbocycles. The number of aromatic nitrogens is 3. The zero-order valence-electron chi connectivity index (χ0n) is 15.0. The van der Waals surface area contributed by atoms with Crippen LogP contribution in [0.15, 0.2) is 51.5 Å². The van der Waals surface area contributed by atoms with E-state index in [1.54, 1.807) is 30.0 Å². The lowest BCUT2D eigenvalue weighted by Gasteiger charge is -2.09. The molecule has 3 aromatic heterocycles. The highest BCUT2D eigenvalue weighted by Gasteiger charge is 2.22. The highest BCUT2D eigenvalue weighted by atomic mass is 35.5. The number of pyridine rings is 1. The van der Waals surface area contributed by atoms with Gasteiger partial charge in [-0.05, 0) is 24.3 Å². The molecule has 4 aromatic rings. The van der Waals surface area contributed by atoms with Crippen LogP contribution in [0.4, 0.5) is 0 Å². The average molecular weight is 470 g/mol. The molecule has 0 aliphatic rings. The van der Waals surface area contributed by atoms with Gasteiger partial charge in [-0.15, -0.1) is 11.3 Å². The largest absolute Gasteiger partial charge is 0.444 e. The van der Waals surface area contributed by atoms with Crippen molar-refractivity contribution in [3.63, 3.8) is 0 Å². The van der Waals surface area contributed by atoms with Crippen LogP contribution in [-0.4, -0.2) is 15.0 Å². The molecule has 0 aliphatic carbocycles. The van der Waals surface area contributed by atoms with E-state index in [-0.39, 0.29) is 16.3 Å². The Kier molecular flexibility index (Phi) is 6.03. The van der Waals surface area contributed by atoms with Gasteiger partial charge in [-0.1, -0.05) is 35.0 Å². The minimum atomic E-state index is 0.0335. The zero-order valence-corrected chi connectivity index (χ0v) is 18.1. The molecule has 6 nitrogen and oxygen atoms in total. The Morgan fingerprint density at radius 3 is 2.50 bits per heavy atom. The van der Waals surface area contributed by atoms with Gasteiger partial charge in [0.2, 0.25) is 5.89 Å². The maximum absolute atomic E-state index is 9.76. The maximum Gasteiger partial charge on any atom is 0.226 e. The summed E-state index contributed by atoms with van der Waals surface area (Å²) >= 11 is 14.8. The summed E-state index contributed by atoms with van der Waals surface area (Å²) in [6, 6.07) is 11.3. The number of benzene rings is 1. The Bertz CT molecular complexity index is 1290. The van der Waals surface area contributed by atoms with Crippen LogP contribution in [-0.2, 0) is 5.75 Å². The Morgan fingerprint density at radius 1 is 1.07 bits per heavy atom. The van der Waals surface area contributed by atoms with E-state index >= 15 is 0 Å². The van der Waals surface area contributed by atoms with E-state index in [0.29, 0.717) is 38.0 Å². The Hall–Kier alpha value is -2.88. The second kappa shape index (κ2) is 8.86. The van der Waals surface area contributed by atoms with Crippen molar-refractivity contribution in [3.8, 4) is 34.2 Å². The molecule has 0 aliphatic heterocycles. The van der Waals surface area contributed by atoms with Gasteiger partial charge in [-0.2, -0.15) is 10.5 Å². The number of hydrogen-bond acceptors (Lipinski definition) is 8. The van der Waals surface area contributed by atoms with Crippen LogP contribution in [0.1, 0.15) is 16.8 Å². The van der Waals surface area contributed by atoms with Crippen molar-refractivity contribution in [1.82, 2.24) is 15.0 Å². The van der Waals surface area contributed by atoms with Crippen LogP contribution in [0.2, 0.25) is 10.2 Å². The molecule has 0 bridgehead atoms. The molecular formula is C20H9Cl2N5OS2. The quantitative estimate of drug-likeness (QED) is 0.253. The summed E-state index contributed by atoms with van der Waals surface area (Å²) < 4.78 is 5.55. The van der Waals surface area contributed by atoms with E-state index in [0.717, 1.165) is 5.56 Å². The molecule has 0 saturated heterocycles. The molecule has 1 aromatic carbocycles. The number of rotatable bonds is 5. The summed E-state index contributed by atoms with van der Waals surface area (Å²) in [7, 11) is 0. The predicted octanol–water partition coefficient (Wildman–Crippen LogP) is 6.20.